The van der Waals surface area contributed by atoms with Crippen molar-refractivity contribution in [3.63, 3.8) is 0 Å². The minimum absolute atomic E-state index is 0.0338. The molecule has 0 amide bonds. The van der Waals surface area contributed by atoms with Crippen molar-refractivity contribution in [2.24, 2.45) is 17.3 Å². The number of ether oxygens (including phenoxy) is 1. The molecule has 2 saturated carbocycles. The lowest BCUT2D eigenvalue weighted by atomic mass is 9.59. The predicted octanol–water partition coefficient (Wildman–Crippen LogP) is 2.74. The summed E-state index contributed by atoms with van der Waals surface area (Å²) in [6, 6.07) is 2.17. The maximum absolute atomic E-state index is 11.0. The minimum atomic E-state index is -0.996. The summed E-state index contributed by atoms with van der Waals surface area (Å²) in [5.41, 5.74) is -0.0338. The number of aliphatic hydroxyl groups excluding tert-OH is 1. The van der Waals surface area contributed by atoms with Crippen LogP contribution >= 0.6 is 0 Å². The normalized spacial score (nSPS) is 49.2. The Balaban J connectivity index is 1.68. The van der Waals surface area contributed by atoms with E-state index in [1.807, 2.05) is 0 Å². The fourth-order valence-electron chi connectivity index (χ4n) is 5.10. The van der Waals surface area contributed by atoms with E-state index in [2.05, 4.69) is 13.0 Å². The molecule has 2 aliphatic carbocycles. The number of aliphatic hydroxyl groups is 2. The molecule has 0 aromatic heterocycles. The van der Waals surface area contributed by atoms with Gasteiger partial charge in [0.25, 0.3) is 0 Å². The number of hydrogen-bond acceptors (Lipinski definition) is 4. The Morgan fingerprint density at radius 2 is 1.95 bits per heavy atom. The largest absolute Gasteiger partial charge is 0.393 e. The van der Waals surface area contributed by atoms with Crippen LogP contribution in [0.25, 0.3) is 0 Å². The summed E-state index contributed by atoms with van der Waals surface area (Å²) in [4.78, 5) is 0. The first kappa shape index (κ1) is 15.3. The predicted molar refractivity (Wildman–Crippen MR) is 78.1 cm³/mol. The summed E-state index contributed by atoms with van der Waals surface area (Å²) in [6.45, 7) is 2.19. The van der Waals surface area contributed by atoms with Gasteiger partial charge in [0.2, 0.25) is 0 Å². The van der Waals surface area contributed by atoms with Crippen LogP contribution in [0.15, 0.2) is 0 Å². The van der Waals surface area contributed by atoms with Gasteiger partial charge in [0.15, 0.2) is 5.79 Å². The maximum Gasteiger partial charge on any atom is 0.168 e. The molecule has 3 rings (SSSR count). The van der Waals surface area contributed by atoms with Gasteiger partial charge in [-0.1, -0.05) is 6.92 Å². The van der Waals surface area contributed by atoms with E-state index in [0.29, 0.717) is 18.8 Å². The molecule has 3 fully saturated rings. The molecule has 0 aromatic carbocycles. The zero-order valence-electron chi connectivity index (χ0n) is 12.9. The molecule has 6 unspecified atom stereocenters. The van der Waals surface area contributed by atoms with Gasteiger partial charge >= 0.3 is 0 Å². The summed E-state index contributed by atoms with van der Waals surface area (Å²) < 4.78 is 6.08. The van der Waals surface area contributed by atoms with Gasteiger partial charge in [0.05, 0.1) is 18.3 Å². The molecule has 2 N–H and O–H groups in total. The van der Waals surface area contributed by atoms with Crippen molar-refractivity contribution >= 4 is 0 Å². The highest BCUT2D eigenvalue weighted by Gasteiger charge is 2.60. The van der Waals surface area contributed by atoms with E-state index in [-0.39, 0.29) is 23.5 Å². The number of rotatable bonds is 3. The van der Waals surface area contributed by atoms with Gasteiger partial charge in [-0.15, -0.1) is 0 Å². The highest BCUT2D eigenvalue weighted by molar-refractivity contribution is 5.06. The van der Waals surface area contributed by atoms with E-state index in [4.69, 9.17) is 10.00 Å². The number of nitrogens with zero attached hydrogens (tertiary/aromatic N) is 1. The average molecular weight is 293 g/mol. The van der Waals surface area contributed by atoms with E-state index in [9.17, 15) is 10.2 Å². The number of fused-ring (bicyclic) bond motifs is 3. The fraction of sp³-hybridized carbons (Fsp3) is 0.941. The molecule has 1 saturated heterocycles. The van der Waals surface area contributed by atoms with E-state index in [0.717, 1.165) is 44.9 Å². The van der Waals surface area contributed by atoms with E-state index in [1.165, 1.54) is 0 Å². The van der Waals surface area contributed by atoms with Crippen LogP contribution < -0.4 is 0 Å². The number of unbranched alkanes of at least 4 members (excludes halogenated alkanes) is 1. The van der Waals surface area contributed by atoms with Crippen molar-refractivity contribution in [3.05, 3.63) is 0 Å². The molecule has 0 aromatic rings. The lowest BCUT2D eigenvalue weighted by Gasteiger charge is -2.54. The van der Waals surface area contributed by atoms with Crippen molar-refractivity contribution in [3.8, 4) is 6.07 Å². The van der Waals surface area contributed by atoms with Gasteiger partial charge in [-0.2, -0.15) is 5.26 Å². The van der Waals surface area contributed by atoms with Gasteiger partial charge in [-0.05, 0) is 56.3 Å². The van der Waals surface area contributed by atoms with E-state index >= 15 is 0 Å². The molecule has 0 bridgehead atoms. The molecule has 118 valence electrons. The maximum atomic E-state index is 11.0. The lowest BCUT2D eigenvalue weighted by molar-refractivity contribution is -0.319. The molecule has 4 heteroatoms. The Kier molecular flexibility index (Phi) is 4.02. The average Bonchev–Trinajstić information content (AvgIpc) is 2.75. The molecule has 4 nitrogen and oxygen atoms in total. The quantitative estimate of drug-likeness (QED) is 0.785. The van der Waals surface area contributed by atoms with Gasteiger partial charge in [-0.3, -0.25) is 0 Å². The lowest BCUT2D eigenvalue weighted by Crippen LogP contribution is -2.57. The van der Waals surface area contributed by atoms with Crippen LogP contribution in [0.3, 0.4) is 0 Å². The Hall–Kier alpha value is -0.630. The third-order valence-electron chi connectivity index (χ3n) is 6.43. The zero-order chi connectivity index (χ0) is 15.1. The first-order valence-electron chi connectivity index (χ1n) is 8.45. The molecular formula is C17H27NO3. The van der Waals surface area contributed by atoms with Crippen LogP contribution in [-0.4, -0.2) is 28.2 Å². The Morgan fingerprint density at radius 1 is 1.19 bits per heavy atom. The van der Waals surface area contributed by atoms with Gasteiger partial charge < -0.3 is 14.9 Å². The molecule has 0 spiro atoms. The molecular weight excluding hydrogens is 266 g/mol. The fourth-order valence-corrected chi connectivity index (χ4v) is 5.10. The van der Waals surface area contributed by atoms with Gasteiger partial charge in [0, 0.05) is 18.8 Å². The van der Waals surface area contributed by atoms with Crippen molar-refractivity contribution in [2.75, 3.05) is 0 Å². The SMILES string of the molecule is CC12CCC3(O)OC(CCCC#N)CCC3C1CCC2O. The third kappa shape index (κ3) is 2.50. The highest BCUT2D eigenvalue weighted by Crippen LogP contribution is 2.60. The van der Waals surface area contributed by atoms with Gasteiger partial charge in [-0.25, -0.2) is 0 Å². The first-order chi connectivity index (χ1) is 9.99. The second kappa shape index (κ2) is 5.53. The van der Waals surface area contributed by atoms with Crippen molar-refractivity contribution in [2.45, 2.75) is 82.7 Å². The topological polar surface area (TPSA) is 73.5 Å². The molecule has 1 heterocycles. The Labute approximate surface area is 127 Å². The standard InChI is InChI=1S/C17H27NO3/c1-16-9-10-17(20)14(13(16)7-8-15(16)19)6-5-12(21-17)4-2-3-11-18/h12-15,19-20H,2-10H2,1H3. The first-order valence-corrected chi connectivity index (χ1v) is 8.45. The van der Waals surface area contributed by atoms with E-state index in [1.54, 1.807) is 0 Å². The van der Waals surface area contributed by atoms with Crippen LogP contribution in [0.4, 0.5) is 0 Å². The van der Waals surface area contributed by atoms with Crippen LogP contribution in [0.2, 0.25) is 0 Å². The van der Waals surface area contributed by atoms with Crippen LogP contribution in [0.5, 0.6) is 0 Å². The Bertz CT molecular complexity index is 434. The smallest absolute Gasteiger partial charge is 0.168 e. The number of hydrogen-bond donors (Lipinski definition) is 2. The second-order valence-corrected chi connectivity index (χ2v) is 7.52. The second-order valence-electron chi connectivity index (χ2n) is 7.52. The van der Waals surface area contributed by atoms with E-state index < -0.39 is 5.79 Å². The summed E-state index contributed by atoms with van der Waals surface area (Å²) in [6.07, 6.45) is 7.46. The van der Waals surface area contributed by atoms with Crippen molar-refractivity contribution < 1.29 is 14.9 Å². The van der Waals surface area contributed by atoms with Crippen LogP contribution in [0.1, 0.15) is 64.7 Å². The minimum Gasteiger partial charge on any atom is -0.393 e. The Morgan fingerprint density at radius 3 is 2.71 bits per heavy atom. The molecule has 3 aliphatic rings. The summed E-state index contributed by atoms with van der Waals surface area (Å²) in [5.74, 6) is -0.448. The highest BCUT2D eigenvalue weighted by atomic mass is 16.6. The van der Waals surface area contributed by atoms with Crippen molar-refractivity contribution in [1.29, 1.82) is 5.26 Å². The third-order valence-corrected chi connectivity index (χ3v) is 6.43. The summed E-state index contributed by atoms with van der Waals surface area (Å²) in [5, 5.41) is 29.9. The molecule has 6 atom stereocenters. The molecule has 1 aliphatic heterocycles. The zero-order valence-corrected chi connectivity index (χ0v) is 12.9. The molecule has 0 radical (unpaired) electrons. The summed E-state index contributed by atoms with van der Waals surface area (Å²) >= 11 is 0. The van der Waals surface area contributed by atoms with Crippen LogP contribution in [0, 0.1) is 28.6 Å². The van der Waals surface area contributed by atoms with Crippen LogP contribution in [-0.2, 0) is 4.74 Å². The van der Waals surface area contributed by atoms with Gasteiger partial charge in [0.1, 0.15) is 0 Å². The molecule has 21 heavy (non-hydrogen) atoms. The summed E-state index contributed by atoms with van der Waals surface area (Å²) in [7, 11) is 0. The van der Waals surface area contributed by atoms with Crippen molar-refractivity contribution in [1.82, 2.24) is 0 Å². The number of nitriles is 1. The monoisotopic (exact) mass is 293 g/mol.